The van der Waals surface area contributed by atoms with Crippen LogP contribution in [-0.4, -0.2) is 36.5 Å². The van der Waals surface area contributed by atoms with Gasteiger partial charge in [-0.15, -0.1) is 0 Å². The van der Waals surface area contributed by atoms with E-state index in [-0.39, 0.29) is 23.7 Å². The lowest BCUT2D eigenvalue weighted by Gasteiger charge is -2.27. The molecule has 0 saturated carbocycles. The summed E-state index contributed by atoms with van der Waals surface area (Å²) in [7, 11) is -3.88. The molecular formula is C12H19FN2O3S. The summed E-state index contributed by atoms with van der Waals surface area (Å²) in [5.74, 6) is -0.710. The maximum absolute atomic E-state index is 13.3. The highest BCUT2D eigenvalue weighted by Crippen LogP contribution is 2.21. The summed E-state index contributed by atoms with van der Waals surface area (Å²) >= 11 is 0. The Morgan fingerprint density at radius 2 is 1.95 bits per heavy atom. The molecule has 0 aromatic heterocycles. The Labute approximate surface area is 112 Å². The van der Waals surface area contributed by atoms with Crippen LogP contribution < -0.4 is 5.73 Å². The molecule has 0 spiro atoms. The van der Waals surface area contributed by atoms with Crippen LogP contribution in [0.4, 0.5) is 10.1 Å². The van der Waals surface area contributed by atoms with E-state index in [0.29, 0.717) is 0 Å². The van der Waals surface area contributed by atoms with Crippen LogP contribution in [0, 0.1) is 5.82 Å². The molecule has 0 aliphatic heterocycles. The van der Waals surface area contributed by atoms with Crippen molar-refractivity contribution in [2.75, 3.05) is 18.8 Å². The van der Waals surface area contributed by atoms with Crippen molar-refractivity contribution in [3.63, 3.8) is 0 Å². The molecule has 1 aromatic rings. The minimum atomic E-state index is -3.88. The third-order valence-electron chi connectivity index (χ3n) is 2.45. The second-order valence-electron chi connectivity index (χ2n) is 4.96. The average molecular weight is 290 g/mol. The molecule has 0 saturated heterocycles. The van der Waals surface area contributed by atoms with Gasteiger partial charge in [-0.2, -0.15) is 4.31 Å². The molecule has 5 nitrogen and oxygen atoms in total. The minimum absolute atomic E-state index is 0.0397. The molecule has 108 valence electrons. The fraction of sp³-hybridized carbons (Fsp3) is 0.500. The first-order valence-electron chi connectivity index (χ1n) is 5.85. The van der Waals surface area contributed by atoms with Gasteiger partial charge in [-0.1, -0.05) is 6.92 Å². The summed E-state index contributed by atoms with van der Waals surface area (Å²) in [6, 6.07) is 3.16. The number of nitrogens with two attached hydrogens (primary N) is 1. The quantitative estimate of drug-likeness (QED) is 0.798. The van der Waals surface area contributed by atoms with Crippen molar-refractivity contribution in [2.24, 2.45) is 0 Å². The minimum Gasteiger partial charge on any atom is -0.399 e. The SMILES string of the molecule is CCN(CC(C)(C)O)S(=O)(=O)c1cc(N)cc(F)c1. The second kappa shape index (κ2) is 5.44. The molecule has 19 heavy (non-hydrogen) atoms. The number of benzene rings is 1. The van der Waals surface area contributed by atoms with Crippen molar-refractivity contribution in [2.45, 2.75) is 31.3 Å². The Bertz CT molecular complexity index is 532. The summed E-state index contributed by atoms with van der Waals surface area (Å²) in [6.45, 7) is 4.74. The molecule has 0 unspecified atom stereocenters. The van der Waals surface area contributed by atoms with E-state index in [0.717, 1.165) is 16.4 Å². The topological polar surface area (TPSA) is 83.6 Å². The van der Waals surface area contributed by atoms with Crippen LogP contribution in [-0.2, 0) is 10.0 Å². The molecule has 0 amide bonds. The maximum atomic E-state index is 13.3. The maximum Gasteiger partial charge on any atom is 0.243 e. The fourth-order valence-electron chi connectivity index (χ4n) is 1.68. The number of sulfonamides is 1. The Kier molecular flexibility index (Phi) is 4.54. The number of likely N-dealkylation sites (N-methyl/N-ethyl adjacent to an activating group) is 1. The lowest BCUT2D eigenvalue weighted by molar-refractivity contribution is 0.0601. The van der Waals surface area contributed by atoms with Gasteiger partial charge in [0.05, 0.1) is 10.5 Å². The number of anilines is 1. The van der Waals surface area contributed by atoms with E-state index in [1.165, 1.54) is 19.9 Å². The highest BCUT2D eigenvalue weighted by atomic mass is 32.2. The van der Waals surface area contributed by atoms with Crippen molar-refractivity contribution >= 4 is 15.7 Å². The largest absolute Gasteiger partial charge is 0.399 e. The van der Waals surface area contributed by atoms with Gasteiger partial charge in [0.2, 0.25) is 10.0 Å². The van der Waals surface area contributed by atoms with Gasteiger partial charge in [0.15, 0.2) is 0 Å². The Hall–Kier alpha value is -1.18. The molecule has 0 fully saturated rings. The van der Waals surface area contributed by atoms with Crippen molar-refractivity contribution in [1.82, 2.24) is 4.31 Å². The standard InChI is InChI=1S/C12H19FN2O3S/c1-4-15(8-12(2,3)16)19(17,18)11-6-9(13)5-10(14)7-11/h5-7,16H,4,8,14H2,1-3H3. The van der Waals surface area contributed by atoms with Crippen LogP contribution in [0.3, 0.4) is 0 Å². The van der Waals surface area contributed by atoms with Crippen molar-refractivity contribution < 1.29 is 17.9 Å². The van der Waals surface area contributed by atoms with Gasteiger partial charge in [-0.25, -0.2) is 12.8 Å². The molecule has 1 aromatic carbocycles. The second-order valence-corrected chi connectivity index (χ2v) is 6.90. The van der Waals surface area contributed by atoms with Gasteiger partial charge in [-0.3, -0.25) is 0 Å². The monoisotopic (exact) mass is 290 g/mol. The molecular weight excluding hydrogens is 271 g/mol. The third kappa shape index (κ3) is 4.15. The van der Waals surface area contributed by atoms with Crippen molar-refractivity contribution in [3.05, 3.63) is 24.0 Å². The van der Waals surface area contributed by atoms with E-state index < -0.39 is 21.4 Å². The number of halogens is 1. The van der Waals surface area contributed by atoms with E-state index >= 15 is 0 Å². The lowest BCUT2D eigenvalue weighted by Crippen LogP contribution is -2.42. The van der Waals surface area contributed by atoms with Crippen molar-refractivity contribution in [1.29, 1.82) is 0 Å². The fourth-order valence-corrected chi connectivity index (χ4v) is 3.35. The first kappa shape index (κ1) is 15.9. The van der Waals surface area contributed by atoms with Gasteiger partial charge in [0, 0.05) is 18.8 Å². The predicted octanol–water partition coefficient (Wildman–Crippen LogP) is 1.19. The predicted molar refractivity (Wildman–Crippen MR) is 71.5 cm³/mol. The van der Waals surface area contributed by atoms with Crippen LogP contribution in [0.15, 0.2) is 23.1 Å². The molecule has 0 bridgehead atoms. The smallest absolute Gasteiger partial charge is 0.243 e. The molecule has 0 heterocycles. The average Bonchev–Trinajstić information content (AvgIpc) is 2.23. The molecule has 0 radical (unpaired) electrons. The summed E-state index contributed by atoms with van der Waals surface area (Å²) in [4.78, 5) is -0.212. The zero-order valence-electron chi connectivity index (χ0n) is 11.2. The Morgan fingerprint density at radius 3 is 2.37 bits per heavy atom. The highest BCUT2D eigenvalue weighted by Gasteiger charge is 2.28. The molecule has 0 aliphatic carbocycles. The number of hydrogen-bond donors (Lipinski definition) is 2. The van der Waals surface area contributed by atoms with Gasteiger partial charge < -0.3 is 10.8 Å². The van der Waals surface area contributed by atoms with Gasteiger partial charge in [-0.05, 0) is 32.0 Å². The van der Waals surface area contributed by atoms with Crippen molar-refractivity contribution in [3.8, 4) is 0 Å². The van der Waals surface area contributed by atoms with E-state index in [9.17, 15) is 17.9 Å². The molecule has 7 heteroatoms. The number of nitrogens with zero attached hydrogens (tertiary/aromatic N) is 1. The Morgan fingerprint density at radius 1 is 1.37 bits per heavy atom. The van der Waals surface area contributed by atoms with Gasteiger partial charge >= 0.3 is 0 Å². The molecule has 0 aliphatic rings. The highest BCUT2D eigenvalue weighted by molar-refractivity contribution is 7.89. The first-order valence-corrected chi connectivity index (χ1v) is 7.29. The number of rotatable bonds is 5. The van der Waals surface area contributed by atoms with E-state index in [1.807, 2.05) is 0 Å². The van der Waals surface area contributed by atoms with E-state index in [2.05, 4.69) is 0 Å². The molecule has 3 N–H and O–H groups in total. The summed E-state index contributed by atoms with van der Waals surface area (Å²) in [5.41, 5.74) is 4.31. The summed E-state index contributed by atoms with van der Waals surface area (Å²) in [6.07, 6.45) is 0. The zero-order valence-corrected chi connectivity index (χ0v) is 12.0. The molecule has 0 atom stereocenters. The van der Waals surface area contributed by atoms with Gasteiger partial charge in [0.25, 0.3) is 0 Å². The normalized spacial score (nSPS) is 12.9. The number of aliphatic hydroxyl groups is 1. The van der Waals surface area contributed by atoms with E-state index in [4.69, 9.17) is 5.73 Å². The summed E-state index contributed by atoms with van der Waals surface area (Å²) in [5, 5.41) is 9.73. The van der Waals surface area contributed by atoms with Crippen LogP contribution in [0.25, 0.3) is 0 Å². The zero-order chi connectivity index (χ0) is 14.8. The molecule has 1 rings (SSSR count). The van der Waals surface area contributed by atoms with Crippen LogP contribution in [0.5, 0.6) is 0 Å². The van der Waals surface area contributed by atoms with Crippen LogP contribution in [0.2, 0.25) is 0 Å². The van der Waals surface area contributed by atoms with Crippen LogP contribution in [0.1, 0.15) is 20.8 Å². The van der Waals surface area contributed by atoms with Gasteiger partial charge in [0.1, 0.15) is 5.82 Å². The van der Waals surface area contributed by atoms with E-state index in [1.54, 1.807) is 6.92 Å². The lowest BCUT2D eigenvalue weighted by atomic mass is 10.1. The van der Waals surface area contributed by atoms with Crippen LogP contribution >= 0.6 is 0 Å². The number of nitrogen functional groups attached to an aromatic ring is 1. The third-order valence-corrected chi connectivity index (χ3v) is 4.35. The first-order chi connectivity index (χ1) is 8.56. The number of hydrogen-bond acceptors (Lipinski definition) is 4. The summed E-state index contributed by atoms with van der Waals surface area (Å²) < 4.78 is 39.0. The Balaban J connectivity index is 3.20.